The topological polar surface area (TPSA) is 31.5 Å². The highest BCUT2D eigenvalue weighted by Crippen LogP contribution is 1.97. The lowest BCUT2D eigenvalue weighted by molar-refractivity contribution is 0.824. The van der Waals surface area contributed by atoms with Crippen LogP contribution in [0.2, 0.25) is 0 Å². The predicted molar refractivity (Wildman–Crippen MR) is 50.1 cm³/mol. The second kappa shape index (κ2) is 6.57. The maximum atomic E-state index is 3.63. The fourth-order valence-corrected chi connectivity index (χ4v) is 0.589. The first-order valence-corrected chi connectivity index (χ1v) is 2.61. The SMILES string of the molecule is C=Cc1ccccc1.O.[AlH3]. The van der Waals surface area contributed by atoms with Crippen LogP contribution in [0, 0.1) is 0 Å². The van der Waals surface area contributed by atoms with Gasteiger partial charge in [0, 0.05) is 0 Å². The highest BCUT2D eigenvalue weighted by atomic mass is 27.0. The molecular weight excluding hydrogens is 139 g/mol. The maximum Gasteiger partial charge on any atom is 0.187 e. The standard InChI is InChI=1S/C8H8.Al.H2O.3H/c1-2-8-6-4-3-5-7-8;;;;;/h2-7H,1H2;;1H2;;;. The molecular formula is C8H13AlO. The Morgan fingerprint density at radius 1 is 1.10 bits per heavy atom. The smallest absolute Gasteiger partial charge is 0.187 e. The minimum Gasteiger partial charge on any atom is -0.412 e. The maximum absolute atomic E-state index is 3.63. The fourth-order valence-electron chi connectivity index (χ4n) is 0.589. The van der Waals surface area contributed by atoms with Crippen LogP contribution in [0.4, 0.5) is 0 Å². The number of hydrogen-bond acceptors (Lipinski definition) is 0. The van der Waals surface area contributed by atoms with Crippen LogP contribution in [0.25, 0.3) is 6.08 Å². The first-order valence-electron chi connectivity index (χ1n) is 2.61. The Morgan fingerprint density at radius 3 is 1.90 bits per heavy atom. The molecule has 0 unspecified atom stereocenters. The van der Waals surface area contributed by atoms with Crippen LogP contribution in [0.3, 0.4) is 0 Å². The van der Waals surface area contributed by atoms with E-state index < -0.39 is 0 Å². The molecule has 2 heteroatoms. The van der Waals surface area contributed by atoms with E-state index in [1.165, 1.54) is 5.56 Å². The lowest BCUT2D eigenvalue weighted by Crippen LogP contribution is -1.63. The molecule has 0 heterocycles. The number of hydrogen-bond donors (Lipinski definition) is 0. The Morgan fingerprint density at radius 2 is 1.60 bits per heavy atom. The molecule has 0 aliphatic heterocycles. The molecule has 1 nitrogen and oxygen atoms in total. The van der Waals surface area contributed by atoms with Gasteiger partial charge in [-0.25, -0.2) is 0 Å². The summed E-state index contributed by atoms with van der Waals surface area (Å²) < 4.78 is 0. The Labute approximate surface area is 71.8 Å². The lowest BCUT2D eigenvalue weighted by atomic mass is 10.2. The van der Waals surface area contributed by atoms with Crippen LogP contribution in [-0.4, -0.2) is 22.8 Å². The minimum atomic E-state index is 0. The molecule has 10 heavy (non-hydrogen) atoms. The Balaban J connectivity index is 0. The van der Waals surface area contributed by atoms with Gasteiger partial charge in [0.1, 0.15) is 0 Å². The molecule has 1 rings (SSSR count). The molecule has 0 spiro atoms. The van der Waals surface area contributed by atoms with Gasteiger partial charge in [0.05, 0.1) is 0 Å². The second-order valence-electron chi connectivity index (χ2n) is 1.61. The summed E-state index contributed by atoms with van der Waals surface area (Å²) in [4.78, 5) is 0. The molecule has 0 radical (unpaired) electrons. The third-order valence-corrected chi connectivity index (χ3v) is 1.04. The summed E-state index contributed by atoms with van der Waals surface area (Å²) in [5, 5.41) is 0. The molecule has 0 aliphatic carbocycles. The van der Waals surface area contributed by atoms with Crippen molar-refractivity contribution in [1.82, 2.24) is 0 Å². The van der Waals surface area contributed by atoms with E-state index in [0.717, 1.165) is 0 Å². The van der Waals surface area contributed by atoms with Gasteiger partial charge >= 0.3 is 0 Å². The molecule has 2 N–H and O–H groups in total. The fraction of sp³-hybridized carbons (Fsp3) is 0. The largest absolute Gasteiger partial charge is 0.412 e. The molecule has 0 saturated heterocycles. The Kier molecular flexibility index (Phi) is 7.99. The number of benzene rings is 1. The summed E-state index contributed by atoms with van der Waals surface area (Å²) in [6.07, 6.45) is 1.83. The molecule has 0 atom stereocenters. The average molecular weight is 152 g/mol. The third-order valence-electron chi connectivity index (χ3n) is 1.04. The molecule has 0 fully saturated rings. The molecule has 0 bridgehead atoms. The van der Waals surface area contributed by atoms with E-state index in [-0.39, 0.29) is 22.8 Å². The summed E-state index contributed by atoms with van der Waals surface area (Å²) in [5.41, 5.74) is 1.17. The Bertz CT molecular complexity index is 172. The predicted octanol–water partition coefficient (Wildman–Crippen LogP) is 0.321. The number of rotatable bonds is 1. The van der Waals surface area contributed by atoms with E-state index in [9.17, 15) is 0 Å². The zero-order valence-corrected chi connectivity index (χ0v) is 5.17. The summed E-state index contributed by atoms with van der Waals surface area (Å²) in [6, 6.07) is 10.0. The van der Waals surface area contributed by atoms with Gasteiger partial charge in [-0.15, -0.1) is 0 Å². The second-order valence-corrected chi connectivity index (χ2v) is 1.61. The van der Waals surface area contributed by atoms with E-state index in [1.54, 1.807) is 0 Å². The van der Waals surface area contributed by atoms with Crippen molar-refractivity contribution in [2.24, 2.45) is 0 Å². The van der Waals surface area contributed by atoms with Crippen molar-refractivity contribution in [2.75, 3.05) is 0 Å². The van der Waals surface area contributed by atoms with Gasteiger partial charge < -0.3 is 5.48 Å². The zero-order valence-electron chi connectivity index (χ0n) is 5.17. The molecule has 0 aromatic heterocycles. The lowest BCUT2D eigenvalue weighted by Gasteiger charge is -1.85. The van der Waals surface area contributed by atoms with Gasteiger partial charge in [0.15, 0.2) is 17.4 Å². The average Bonchev–Trinajstić information content (AvgIpc) is 1.90. The van der Waals surface area contributed by atoms with E-state index in [0.29, 0.717) is 0 Å². The molecule has 1 aromatic rings. The zero-order chi connectivity index (χ0) is 5.82. The van der Waals surface area contributed by atoms with Gasteiger partial charge in [-0.2, -0.15) is 0 Å². The van der Waals surface area contributed by atoms with Gasteiger partial charge in [-0.05, 0) is 5.56 Å². The molecule has 54 valence electrons. The van der Waals surface area contributed by atoms with Crippen LogP contribution < -0.4 is 0 Å². The van der Waals surface area contributed by atoms with E-state index in [2.05, 4.69) is 6.58 Å². The third kappa shape index (κ3) is 3.47. The highest BCUT2D eigenvalue weighted by molar-refractivity contribution is 5.75. The van der Waals surface area contributed by atoms with Crippen molar-refractivity contribution in [3.8, 4) is 0 Å². The van der Waals surface area contributed by atoms with Crippen LogP contribution in [0.5, 0.6) is 0 Å². The van der Waals surface area contributed by atoms with Crippen molar-refractivity contribution >= 4 is 23.4 Å². The summed E-state index contributed by atoms with van der Waals surface area (Å²) in [6.45, 7) is 3.63. The monoisotopic (exact) mass is 152 g/mol. The van der Waals surface area contributed by atoms with Gasteiger partial charge in [-0.1, -0.05) is 43.0 Å². The molecule has 0 aliphatic rings. The Hall–Kier alpha value is -0.548. The summed E-state index contributed by atoms with van der Waals surface area (Å²) in [7, 11) is 0. The summed E-state index contributed by atoms with van der Waals surface area (Å²) in [5.74, 6) is 0. The summed E-state index contributed by atoms with van der Waals surface area (Å²) >= 11 is 0. The van der Waals surface area contributed by atoms with Crippen molar-refractivity contribution in [2.45, 2.75) is 0 Å². The quantitative estimate of drug-likeness (QED) is 0.519. The van der Waals surface area contributed by atoms with Crippen molar-refractivity contribution in [1.29, 1.82) is 0 Å². The van der Waals surface area contributed by atoms with Gasteiger partial charge in [-0.3, -0.25) is 0 Å². The first kappa shape index (κ1) is 12.2. The van der Waals surface area contributed by atoms with E-state index in [1.807, 2.05) is 36.4 Å². The van der Waals surface area contributed by atoms with Gasteiger partial charge in [0.2, 0.25) is 0 Å². The first-order chi connectivity index (χ1) is 3.93. The van der Waals surface area contributed by atoms with Crippen LogP contribution in [-0.2, 0) is 0 Å². The van der Waals surface area contributed by atoms with E-state index >= 15 is 0 Å². The van der Waals surface area contributed by atoms with Crippen LogP contribution >= 0.6 is 0 Å². The molecule has 0 saturated carbocycles. The van der Waals surface area contributed by atoms with E-state index in [4.69, 9.17) is 0 Å². The highest BCUT2D eigenvalue weighted by Gasteiger charge is 1.75. The minimum absolute atomic E-state index is 0. The normalized spacial score (nSPS) is 6.80. The molecule has 0 amide bonds. The van der Waals surface area contributed by atoms with Crippen molar-refractivity contribution in [3.05, 3.63) is 42.5 Å². The van der Waals surface area contributed by atoms with Crippen LogP contribution in [0.1, 0.15) is 5.56 Å². The van der Waals surface area contributed by atoms with Crippen LogP contribution in [0.15, 0.2) is 36.9 Å². The van der Waals surface area contributed by atoms with Gasteiger partial charge in [0.25, 0.3) is 0 Å². The molecule has 1 aromatic carbocycles. The van der Waals surface area contributed by atoms with Crippen molar-refractivity contribution in [3.63, 3.8) is 0 Å². The van der Waals surface area contributed by atoms with Crippen molar-refractivity contribution < 1.29 is 5.48 Å².